The molecule has 0 aliphatic rings. The van der Waals surface area contributed by atoms with Crippen LogP contribution in [0.3, 0.4) is 0 Å². The van der Waals surface area contributed by atoms with Crippen molar-refractivity contribution >= 4 is 11.9 Å². The minimum atomic E-state index is -0.349. The van der Waals surface area contributed by atoms with Crippen LogP contribution in [-0.2, 0) is 9.47 Å². The predicted octanol–water partition coefficient (Wildman–Crippen LogP) is 6.43. The van der Waals surface area contributed by atoms with Crippen molar-refractivity contribution in [1.29, 1.82) is 0 Å². The molecule has 0 aromatic heterocycles. The van der Waals surface area contributed by atoms with Crippen LogP contribution in [0.5, 0.6) is 0 Å². The van der Waals surface area contributed by atoms with Crippen LogP contribution in [0.15, 0.2) is 24.3 Å². The van der Waals surface area contributed by atoms with Crippen molar-refractivity contribution in [3.63, 3.8) is 0 Å². The van der Waals surface area contributed by atoms with Gasteiger partial charge in [-0.2, -0.15) is 0 Å². The highest BCUT2D eigenvalue weighted by molar-refractivity contribution is 5.93. The maximum Gasteiger partial charge on any atom is 0.338 e. The molecule has 158 valence electrons. The van der Waals surface area contributed by atoms with Gasteiger partial charge in [-0.15, -0.1) is 0 Å². The lowest BCUT2D eigenvalue weighted by Gasteiger charge is -2.16. The molecule has 1 aromatic carbocycles. The van der Waals surface area contributed by atoms with Gasteiger partial charge in [0.1, 0.15) is 0 Å². The fourth-order valence-corrected chi connectivity index (χ4v) is 2.81. The summed E-state index contributed by atoms with van der Waals surface area (Å²) in [6, 6.07) is 6.52. The van der Waals surface area contributed by atoms with Gasteiger partial charge < -0.3 is 9.47 Å². The van der Waals surface area contributed by atoms with E-state index < -0.39 is 0 Å². The molecule has 0 saturated carbocycles. The van der Waals surface area contributed by atoms with E-state index in [0.717, 1.165) is 38.5 Å². The maximum absolute atomic E-state index is 12.3. The van der Waals surface area contributed by atoms with Gasteiger partial charge in [0, 0.05) is 0 Å². The van der Waals surface area contributed by atoms with Gasteiger partial charge in [0.15, 0.2) is 0 Å². The highest BCUT2D eigenvalue weighted by atomic mass is 16.5. The first-order chi connectivity index (χ1) is 13.3. The van der Waals surface area contributed by atoms with Crippen LogP contribution in [0.25, 0.3) is 0 Å². The van der Waals surface area contributed by atoms with Crippen molar-refractivity contribution in [2.24, 2.45) is 11.8 Å². The Balaban J connectivity index is 2.50. The lowest BCUT2D eigenvalue weighted by atomic mass is 10.0. The molecule has 0 spiro atoms. The van der Waals surface area contributed by atoms with E-state index >= 15 is 0 Å². The van der Waals surface area contributed by atoms with Gasteiger partial charge in [-0.3, -0.25) is 0 Å². The summed E-state index contributed by atoms with van der Waals surface area (Å²) in [5.41, 5.74) is 0.911. The number of carbonyl (C=O) groups is 2. The molecule has 0 aliphatic heterocycles. The van der Waals surface area contributed by atoms with E-state index in [1.54, 1.807) is 24.3 Å². The summed E-state index contributed by atoms with van der Waals surface area (Å²) < 4.78 is 11.0. The molecule has 1 rings (SSSR count). The van der Waals surface area contributed by atoms with Crippen LogP contribution >= 0.6 is 0 Å². The topological polar surface area (TPSA) is 52.6 Å². The molecule has 0 bridgehead atoms. The van der Waals surface area contributed by atoms with Gasteiger partial charge in [-0.05, 0) is 75.6 Å². The third-order valence-corrected chi connectivity index (χ3v) is 5.50. The van der Waals surface area contributed by atoms with E-state index in [9.17, 15) is 9.59 Å². The molecule has 4 unspecified atom stereocenters. The third kappa shape index (κ3) is 8.90. The molecule has 0 amide bonds. The van der Waals surface area contributed by atoms with E-state index in [1.165, 1.54) is 0 Å². The van der Waals surface area contributed by atoms with E-state index in [2.05, 4.69) is 27.7 Å². The van der Waals surface area contributed by atoms with Crippen molar-refractivity contribution in [2.75, 3.05) is 0 Å². The summed E-state index contributed by atoms with van der Waals surface area (Å²) in [6.07, 6.45) is 5.85. The van der Waals surface area contributed by atoms with Gasteiger partial charge in [-0.25, -0.2) is 9.59 Å². The van der Waals surface area contributed by atoms with Crippen LogP contribution in [0, 0.1) is 11.8 Å². The Kier molecular flexibility index (Phi) is 10.9. The van der Waals surface area contributed by atoms with E-state index in [4.69, 9.17) is 9.47 Å². The number of benzene rings is 1. The summed E-state index contributed by atoms with van der Waals surface area (Å²) in [5, 5.41) is 0. The van der Waals surface area contributed by atoms with E-state index in [-0.39, 0.29) is 24.1 Å². The predicted molar refractivity (Wildman–Crippen MR) is 114 cm³/mol. The molecule has 4 heteroatoms. The number of ether oxygens (including phenoxy) is 2. The van der Waals surface area contributed by atoms with Gasteiger partial charge in [0.2, 0.25) is 0 Å². The highest BCUT2D eigenvalue weighted by Gasteiger charge is 2.16. The minimum absolute atomic E-state index is 0.113. The molecule has 0 radical (unpaired) electrons. The Bertz CT molecular complexity index is 540. The van der Waals surface area contributed by atoms with Gasteiger partial charge >= 0.3 is 11.9 Å². The van der Waals surface area contributed by atoms with Gasteiger partial charge in [-0.1, -0.05) is 40.5 Å². The molecule has 0 saturated heterocycles. The van der Waals surface area contributed by atoms with Crippen LogP contribution in [0.2, 0.25) is 0 Å². The second kappa shape index (κ2) is 12.6. The number of carbonyl (C=O) groups excluding carboxylic acids is 2. The molecule has 4 nitrogen and oxygen atoms in total. The molecule has 0 fully saturated rings. The number of rotatable bonds is 12. The third-order valence-electron chi connectivity index (χ3n) is 5.50. The van der Waals surface area contributed by atoms with E-state index in [0.29, 0.717) is 23.0 Å². The Morgan fingerprint density at radius 1 is 0.679 bits per heavy atom. The molecule has 0 aliphatic carbocycles. The smallest absolute Gasteiger partial charge is 0.338 e. The lowest BCUT2D eigenvalue weighted by molar-refractivity contribution is 0.0297. The average Bonchev–Trinajstić information content (AvgIpc) is 2.70. The first kappa shape index (κ1) is 24.2. The van der Waals surface area contributed by atoms with Crippen molar-refractivity contribution < 1.29 is 19.1 Å². The molecule has 0 N–H and O–H groups in total. The van der Waals surface area contributed by atoms with Crippen LogP contribution < -0.4 is 0 Å². The van der Waals surface area contributed by atoms with Crippen LogP contribution in [-0.4, -0.2) is 24.1 Å². The fraction of sp³-hybridized carbons (Fsp3) is 0.667. The molecular formula is C24H38O4. The molecule has 4 atom stereocenters. The summed E-state index contributed by atoms with van der Waals surface area (Å²) >= 11 is 0. The second-order valence-corrected chi connectivity index (χ2v) is 8.19. The van der Waals surface area contributed by atoms with Gasteiger partial charge in [0.25, 0.3) is 0 Å². The largest absolute Gasteiger partial charge is 0.459 e. The van der Waals surface area contributed by atoms with E-state index in [1.807, 2.05) is 13.8 Å². The summed E-state index contributed by atoms with van der Waals surface area (Å²) in [5.74, 6) is 0.579. The SMILES string of the molecule is CCC(C)CCC(C)OC(=O)c1ccc(C(=O)OC(C)CCC(C)CC)cc1. The Morgan fingerprint density at radius 2 is 1.00 bits per heavy atom. The molecular weight excluding hydrogens is 352 g/mol. The van der Waals surface area contributed by atoms with Gasteiger partial charge in [0.05, 0.1) is 23.3 Å². The Hall–Kier alpha value is -1.84. The zero-order valence-corrected chi connectivity index (χ0v) is 18.5. The maximum atomic E-state index is 12.3. The standard InChI is InChI=1S/C24H38O4/c1-7-17(3)9-11-19(5)27-23(25)21-13-15-22(16-14-21)24(26)28-20(6)12-10-18(4)8-2/h13-20H,7-12H2,1-6H3. The number of esters is 2. The first-order valence-electron chi connectivity index (χ1n) is 10.8. The Morgan fingerprint density at radius 3 is 1.29 bits per heavy atom. The second-order valence-electron chi connectivity index (χ2n) is 8.19. The summed E-state index contributed by atoms with van der Waals surface area (Å²) in [6.45, 7) is 12.6. The van der Waals surface area contributed by atoms with Crippen molar-refractivity contribution in [1.82, 2.24) is 0 Å². The summed E-state index contributed by atoms with van der Waals surface area (Å²) in [4.78, 5) is 24.5. The van der Waals surface area contributed by atoms with Crippen LogP contribution in [0.4, 0.5) is 0 Å². The Labute approximate surface area is 171 Å². The van der Waals surface area contributed by atoms with Crippen LogP contribution in [0.1, 0.15) is 101 Å². The average molecular weight is 391 g/mol. The summed E-state index contributed by atoms with van der Waals surface area (Å²) in [7, 11) is 0. The minimum Gasteiger partial charge on any atom is -0.459 e. The number of hydrogen-bond donors (Lipinski definition) is 0. The van der Waals surface area contributed by atoms with Crippen molar-refractivity contribution in [2.45, 2.75) is 92.3 Å². The quantitative estimate of drug-likeness (QED) is 0.386. The highest BCUT2D eigenvalue weighted by Crippen LogP contribution is 2.16. The number of hydrogen-bond acceptors (Lipinski definition) is 4. The zero-order valence-electron chi connectivity index (χ0n) is 18.5. The fourth-order valence-electron chi connectivity index (χ4n) is 2.81. The monoisotopic (exact) mass is 390 g/mol. The zero-order chi connectivity index (χ0) is 21.1. The molecule has 0 heterocycles. The lowest BCUT2D eigenvalue weighted by Crippen LogP contribution is -2.17. The normalized spacial score (nSPS) is 15.4. The first-order valence-corrected chi connectivity index (χ1v) is 10.8. The van der Waals surface area contributed by atoms with Crippen molar-refractivity contribution in [3.05, 3.63) is 35.4 Å². The molecule has 1 aromatic rings. The molecule has 28 heavy (non-hydrogen) atoms. The van der Waals surface area contributed by atoms with Crippen molar-refractivity contribution in [3.8, 4) is 0 Å².